The molecule has 1 aliphatic heterocycles. The van der Waals surface area contributed by atoms with Gasteiger partial charge in [-0.05, 0) is 49.7 Å². The van der Waals surface area contributed by atoms with Crippen LogP contribution in [0.3, 0.4) is 0 Å². The summed E-state index contributed by atoms with van der Waals surface area (Å²) in [5.74, 6) is -0.0902. The summed E-state index contributed by atoms with van der Waals surface area (Å²) in [5, 5.41) is 16.8. The first kappa shape index (κ1) is 20.8. The smallest absolute Gasteiger partial charge is 0.338 e. The highest BCUT2D eigenvalue weighted by atomic mass is 16.6. The van der Waals surface area contributed by atoms with Gasteiger partial charge in [0.2, 0.25) is 0 Å². The molecule has 0 radical (unpaired) electrons. The van der Waals surface area contributed by atoms with Crippen molar-refractivity contribution in [1.82, 2.24) is 10.6 Å². The third-order valence-corrected chi connectivity index (χ3v) is 4.46. The van der Waals surface area contributed by atoms with E-state index in [9.17, 15) is 19.7 Å². The zero-order valence-electron chi connectivity index (χ0n) is 16.7. The number of hydrogen-bond donors (Lipinski definition) is 2. The molecular formula is C21H21N3O6. The van der Waals surface area contributed by atoms with E-state index < -0.39 is 29.1 Å². The molecule has 0 spiro atoms. The van der Waals surface area contributed by atoms with Gasteiger partial charge in [-0.15, -0.1) is 0 Å². The van der Waals surface area contributed by atoms with Crippen molar-refractivity contribution in [3.05, 3.63) is 75.3 Å². The third kappa shape index (κ3) is 4.24. The van der Waals surface area contributed by atoms with Crippen LogP contribution in [-0.2, 0) is 9.53 Å². The SMILES string of the molecule is COc1ccc(C2=C(C(=O)OC(C)C)C(c3ccccc3[N+](=O)[O-])NC(=O)N2)cc1. The first-order valence-electron chi connectivity index (χ1n) is 9.22. The number of urea groups is 1. The lowest BCUT2D eigenvalue weighted by Crippen LogP contribution is -2.45. The highest BCUT2D eigenvalue weighted by Gasteiger charge is 2.37. The van der Waals surface area contributed by atoms with Crippen molar-refractivity contribution in [3.63, 3.8) is 0 Å². The molecule has 1 unspecified atom stereocenters. The molecule has 1 heterocycles. The van der Waals surface area contributed by atoms with Crippen LogP contribution in [0.4, 0.5) is 10.5 Å². The topological polar surface area (TPSA) is 120 Å². The molecule has 30 heavy (non-hydrogen) atoms. The van der Waals surface area contributed by atoms with Crippen LogP contribution < -0.4 is 15.4 Å². The molecule has 0 bridgehead atoms. The second-order valence-electron chi connectivity index (χ2n) is 6.82. The van der Waals surface area contributed by atoms with Crippen molar-refractivity contribution in [2.24, 2.45) is 0 Å². The Morgan fingerprint density at radius 3 is 2.40 bits per heavy atom. The Balaban J connectivity index is 2.23. The Bertz CT molecular complexity index is 1010. The second-order valence-corrected chi connectivity index (χ2v) is 6.82. The number of nitrogens with one attached hydrogen (secondary N) is 2. The lowest BCUT2D eigenvalue weighted by Gasteiger charge is -2.29. The number of nitro groups is 1. The summed E-state index contributed by atoms with van der Waals surface area (Å²) in [5.41, 5.74) is 0.788. The third-order valence-electron chi connectivity index (χ3n) is 4.46. The van der Waals surface area contributed by atoms with Gasteiger partial charge in [0, 0.05) is 6.07 Å². The van der Waals surface area contributed by atoms with Gasteiger partial charge >= 0.3 is 12.0 Å². The van der Waals surface area contributed by atoms with Gasteiger partial charge in [-0.3, -0.25) is 10.1 Å². The maximum absolute atomic E-state index is 13.0. The maximum atomic E-state index is 13.0. The minimum Gasteiger partial charge on any atom is -0.497 e. The summed E-state index contributed by atoms with van der Waals surface area (Å²) >= 11 is 0. The number of nitrogens with zero attached hydrogens (tertiary/aromatic N) is 1. The minimum atomic E-state index is -1.07. The minimum absolute atomic E-state index is 0.0720. The number of hydrogen-bond acceptors (Lipinski definition) is 6. The molecule has 0 saturated heterocycles. The predicted octanol–water partition coefficient (Wildman–Crippen LogP) is 3.32. The van der Waals surface area contributed by atoms with E-state index in [1.165, 1.54) is 25.3 Å². The van der Waals surface area contributed by atoms with Crippen molar-refractivity contribution >= 4 is 23.4 Å². The van der Waals surface area contributed by atoms with Crippen molar-refractivity contribution in [2.45, 2.75) is 26.0 Å². The Morgan fingerprint density at radius 1 is 1.13 bits per heavy atom. The summed E-state index contributed by atoms with van der Waals surface area (Å²) in [7, 11) is 1.52. The van der Waals surface area contributed by atoms with Crippen LogP contribution in [0.1, 0.15) is 31.0 Å². The van der Waals surface area contributed by atoms with Crippen LogP contribution in [0.2, 0.25) is 0 Å². The number of methoxy groups -OCH3 is 1. The maximum Gasteiger partial charge on any atom is 0.338 e. The fraction of sp³-hybridized carbons (Fsp3) is 0.238. The number of carbonyl (C=O) groups excluding carboxylic acids is 2. The molecule has 1 atom stereocenters. The summed E-state index contributed by atoms with van der Waals surface area (Å²) < 4.78 is 10.5. The Kier molecular flexibility index (Phi) is 6.01. The van der Waals surface area contributed by atoms with Crippen LogP contribution in [-0.4, -0.2) is 30.1 Å². The number of amides is 2. The summed E-state index contributed by atoms with van der Waals surface area (Å²) in [6.07, 6.45) is -0.425. The number of benzene rings is 2. The molecule has 9 heteroatoms. The van der Waals surface area contributed by atoms with E-state index in [2.05, 4.69) is 10.6 Å². The molecule has 0 saturated carbocycles. The van der Waals surface area contributed by atoms with Crippen LogP contribution in [0.25, 0.3) is 5.70 Å². The molecule has 3 rings (SSSR count). The summed E-state index contributed by atoms with van der Waals surface area (Å²) in [6, 6.07) is 11.0. The van der Waals surface area contributed by atoms with E-state index >= 15 is 0 Å². The van der Waals surface area contributed by atoms with Crippen LogP contribution >= 0.6 is 0 Å². The van der Waals surface area contributed by atoms with Crippen molar-refractivity contribution in [1.29, 1.82) is 0 Å². The molecule has 1 aliphatic rings. The normalized spacial score (nSPS) is 16.0. The van der Waals surface area contributed by atoms with E-state index in [1.54, 1.807) is 44.2 Å². The van der Waals surface area contributed by atoms with E-state index in [4.69, 9.17) is 9.47 Å². The quantitative estimate of drug-likeness (QED) is 0.427. The van der Waals surface area contributed by atoms with Gasteiger partial charge < -0.3 is 20.1 Å². The average molecular weight is 411 g/mol. The number of carbonyl (C=O) groups is 2. The van der Waals surface area contributed by atoms with Gasteiger partial charge in [0.1, 0.15) is 5.75 Å². The number of para-hydroxylation sites is 1. The molecule has 0 aromatic heterocycles. The van der Waals surface area contributed by atoms with Crippen LogP contribution in [0.5, 0.6) is 5.75 Å². The molecule has 0 aliphatic carbocycles. The fourth-order valence-corrected chi connectivity index (χ4v) is 3.18. The molecule has 9 nitrogen and oxygen atoms in total. The summed E-state index contributed by atoms with van der Waals surface area (Å²) in [6.45, 7) is 3.39. The Morgan fingerprint density at radius 2 is 1.80 bits per heavy atom. The average Bonchev–Trinajstić information content (AvgIpc) is 2.72. The number of rotatable bonds is 6. The highest BCUT2D eigenvalue weighted by Crippen LogP contribution is 2.36. The Labute approximate surface area is 172 Å². The standard InChI is InChI=1S/C21H21N3O6/c1-12(2)30-20(25)17-18(13-8-10-14(29-3)11-9-13)22-21(26)23-19(17)15-6-4-5-7-16(15)24(27)28/h4-12,19H,1-3H3,(H2,22,23,26). The predicted molar refractivity (Wildman–Crippen MR) is 109 cm³/mol. The van der Waals surface area contributed by atoms with Crippen molar-refractivity contribution < 1.29 is 24.0 Å². The van der Waals surface area contributed by atoms with Gasteiger partial charge in [-0.2, -0.15) is 0 Å². The van der Waals surface area contributed by atoms with Gasteiger partial charge in [-0.25, -0.2) is 9.59 Å². The molecule has 156 valence electrons. The van der Waals surface area contributed by atoms with E-state index in [0.29, 0.717) is 11.3 Å². The first-order chi connectivity index (χ1) is 14.3. The zero-order chi connectivity index (χ0) is 21.8. The number of ether oxygens (including phenoxy) is 2. The van der Waals surface area contributed by atoms with E-state index in [1.807, 2.05) is 0 Å². The molecule has 0 fully saturated rings. The lowest BCUT2D eigenvalue weighted by molar-refractivity contribution is -0.385. The van der Waals surface area contributed by atoms with Gasteiger partial charge in [0.05, 0.1) is 41.0 Å². The molecule has 2 N–H and O–H groups in total. The fourth-order valence-electron chi connectivity index (χ4n) is 3.18. The summed E-state index contributed by atoms with van der Waals surface area (Å²) in [4.78, 5) is 36.4. The number of nitro benzene ring substituents is 1. The van der Waals surface area contributed by atoms with Crippen molar-refractivity contribution in [2.75, 3.05) is 7.11 Å². The largest absolute Gasteiger partial charge is 0.497 e. The Hall–Kier alpha value is -3.88. The lowest BCUT2D eigenvalue weighted by atomic mass is 9.91. The number of esters is 1. The molecule has 2 amide bonds. The van der Waals surface area contributed by atoms with Crippen LogP contribution in [0.15, 0.2) is 54.1 Å². The van der Waals surface area contributed by atoms with Gasteiger partial charge in [0.25, 0.3) is 5.69 Å². The van der Waals surface area contributed by atoms with Crippen molar-refractivity contribution in [3.8, 4) is 5.75 Å². The molecule has 2 aromatic rings. The van der Waals surface area contributed by atoms with E-state index in [0.717, 1.165) is 0 Å². The monoisotopic (exact) mass is 411 g/mol. The zero-order valence-corrected chi connectivity index (χ0v) is 16.7. The molecule has 2 aromatic carbocycles. The molecular weight excluding hydrogens is 390 g/mol. The van der Waals surface area contributed by atoms with E-state index in [-0.39, 0.29) is 22.5 Å². The highest BCUT2D eigenvalue weighted by molar-refractivity contribution is 6.04. The first-order valence-corrected chi connectivity index (χ1v) is 9.22. The second kappa shape index (κ2) is 8.64. The van der Waals surface area contributed by atoms with Gasteiger partial charge in [0.15, 0.2) is 0 Å². The van der Waals surface area contributed by atoms with Crippen LogP contribution in [0, 0.1) is 10.1 Å². The van der Waals surface area contributed by atoms with Gasteiger partial charge in [-0.1, -0.05) is 12.1 Å².